The van der Waals surface area contributed by atoms with Crippen LogP contribution in [0.25, 0.3) is 0 Å². The number of carbonyl (C=O) groups is 1. The summed E-state index contributed by atoms with van der Waals surface area (Å²) in [6, 6.07) is 0.522. The van der Waals surface area contributed by atoms with Gasteiger partial charge >= 0.3 is 0 Å². The highest BCUT2D eigenvalue weighted by molar-refractivity contribution is 5.82. The van der Waals surface area contributed by atoms with Crippen LogP contribution in [-0.4, -0.2) is 11.9 Å². The molecule has 5 aliphatic rings. The predicted octanol–water partition coefficient (Wildman–Crippen LogP) is 3.90. The molecule has 112 valence electrons. The Balaban J connectivity index is 1.45. The van der Waals surface area contributed by atoms with Gasteiger partial charge in [0, 0.05) is 11.5 Å². The summed E-state index contributed by atoms with van der Waals surface area (Å²) in [6.45, 7) is 2.21. The van der Waals surface area contributed by atoms with Crippen molar-refractivity contribution in [1.82, 2.24) is 5.32 Å². The minimum absolute atomic E-state index is 0.0626. The van der Waals surface area contributed by atoms with E-state index in [0.29, 0.717) is 11.9 Å². The summed E-state index contributed by atoms with van der Waals surface area (Å²) in [5.41, 5.74) is -0.0626. The predicted molar refractivity (Wildman–Crippen MR) is 80.2 cm³/mol. The fourth-order valence-corrected chi connectivity index (χ4v) is 6.05. The van der Waals surface area contributed by atoms with E-state index in [1.54, 1.807) is 0 Å². The molecule has 0 saturated heterocycles. The highest BCUT2D eigenvalue weighted by atomic mass is 16.2. The molecule has 0 spiro atoms. The first-order valence-corrected chi connectivity index (χ1v) is 8.95. The zero-order valence-corrected chi connectivity index (χ0v) is 12.9. The third kappa shape index (κ3) is 2.10. The van der Waals surface area contributed by atoms with Crippen molar-refractivity contribution in [3.8, 4) is 0 Å². The van der Waals surface area contributed by atoms with Gasteiger partial charge in [0.05, 0.1) is 0 Å². The van der Waals surface area contributed by atoms with Gasteiger partial charge in [-0.15, -0.1) is 0 Å². The Hall–Kier alpha value is -0.530. The SMILES string of the molecule is CC1(C(=O)NC2C3CC4CC(C3)CC2C4)CCCCC1. The number of hydrogen-bond donors (Lipinski definition) is 1. The fraction of sp³-hybridized carbons (Fsp3) is 0.944. The molecular weight excluding hydrogens is 246 g/mol. The maximum atomic E-state index is 12.8. The summed E-state index contributed by atoms with van der Waals surface area (Å²) in [6.07, 6.45) is 13.1. The van der Waals surface area contributed by atoms with E-state index in [1.165, 1.54) is 51.4 Å². The van der Waals surface area contributed by atoms with Crippen LogP contribution in [0.3, 0.4) is 0 Å². The Morgan fingerprint density at radius 1 is 0.900 bits per heavy atom. The first-order valence-electron chi connectivity index (χ1n) is 8.95. The van der Waals surface area contributed by atoms with Crippen LogP contribution in [0.4, 0.5) is 0 Å². The summed E-state index contributed by atoms with van der Waals surface area (Å²) in [5, 5.41) is 3.53. The summed E-state index contributed by atoms with van der Waals surface area (Å²) < 4.78 is 0. The van der Waals surface area contributed by atoms with Crippen molar-refractivity contribution in [2.45, 2.75) is 77.2 Å². The second-order valence-corrected chi connectivity index (χ2v) is 8.55. The normalized spacial score (nSPS) is 45.4. The largest absolute Gasteiger partial charge is 0.352 e. The minimum Gasteiger partial charge on any atom is -0.352 e. The van der Waals surface area contributed by atoms with Crippen LogP contribution in [0, 0.1) is 29.1 Å². The van der Waals surface area contributed by atoms with Crippen LogP contribution >= 0.6 is 0 Å². The Kier molecular flexibility index (Phi) is 3.12. The van der Waals surface area contributed by atoms with Crippen molar-refractivity contribution in [2.24, 2.45) is 29.1 Å². The molecule has 0 aromatic rings. The molecule has 2 nitrogen and oxygen atoms in total. The molecule has 0 aromatic heterocycles. The van der Waals surface area contributed by atoms with Crippen molar-refractivity contribution in [1.29, 1.82) is 0 Å². The monoisotopic (exact) mass is 275 g/mol. The second kappa shape index (κ2) is 4.74. The van der Waals surface area contributed by atoms with E-state index < -0.39 is 0 Å². The molecular formula is C18H29NO. The third-order valence-corrected chi connectivity index (χ3v) is 7.03. The highest BCUT2D eigenvalue weighted by Crippen LogP contribution is 2.54. The van der Waals surface area contributed by atoms with Crippen molar-refractivity contribution >= 4 is 5.91 Å². The number of nitrogens with one attached hydrogen (secondary N) is 1. The Morgan fingerprint density at radius 2 is 1.45 bits per heavy atom. The molecule has 0 unspecified atom stereocenters. The lowest BCUT2D eigenvalue weighted by molar-refractivity contribution is -0.135. The van der Waals surface area contributed by atoms with Gasteiger partial charge in [0.2, 0.25) is 5.91 Å². The van der Waals surface area contributed by atoms with Gasteiger partial charge in [0.15, 0.2) is 0 Å². The number of hydrogen-bond acceptors (Lipinski definition) is 1. The van der Waals surface area contributed by atoms with Crippen LogP contribution in [0.1, 0.15) is 71.1 Å². The van der Waals surface area contributed by atoms with E-state index in [2.05, 4.69) is 12.2 Å². The third-order valence-electron chi connectivity index (χ3n) is 7.03. The van der Waals surface area contributed by atoms with Gasteiger partial charge in [-0.2, -0.15) is 0 Å². The Morgan fingerprint density at radius 3 is 2.00 bits per heavy atom. The summed E-state index contributed by atoms with van der Waals surface area (Å²) in [7, 11) is 0. The van der Waals surface area contributed by atoms with Gasteiger partial charge in [0.1, 0.15) is 0 Å². The summed E-state index contributed by atoms with van der Waals surface area (Å²) >= 11 is 0. The molecule has 5 aliphatic carbocycles. The maximum absolute atomic E-state index is 12.8. The molecule has 4 bridgehead atoms. The zero-order valence-electron chi connectivity index (χ0n) is 12.9. The van der Waals surface area contributed by atoms with E-state index in [4.69, 9.17) is 0 Å². The molecule has 20 heavy (non-hydrogen) atoms. The molecule has 2 heteroatoms. The van der Waals surface area contributed by atoms with E-state index >= 15 is 0 Å². The molecule has 5 rings (SSSR count). The molecule has 0 atom stereocenters. The fourth-order valence-electron chi connectivity index (χ4n) is 6.05. The summed E-state index contributed by atoms with van der Waals surface area (Å²) in [4.78, 5) is 12.8. The molecule has 5 saturated carbocycles. The number of carbonyl (C=O) groups excluding carboxylic acids is 1. The van der Waals surface area contributed by atoms with E-state index in [0.717, 1.165) is 36.5 Å². The van der Waals surface area contributed by atoms with Gasteiger partial charge in [0.25, 0.3) is 0 Å². The van der Waals surface area contributed by atoms with Crippen LogP contribution in [0.5, 0.6) is 0 Å². The van der Waals surface area contributed by atoms with Crippen molar-refractivity contribution in [3.05, 3.63) is 0 Å². The Bertz CT molecular complexity index is 368. The van der Waals surface area contributed by atoms with Crippen LogP contribution in [0.15, 0.2) is 0 Å². The molecule has 5 fully saturated rings. The van der Waals surface area contributed by atoms with Crippen LogP contribution in [0.2, 0.25) is 0 Å². The van der Waals surface area contributed by atoms with E-state index in [1.807, 2.05) is 0 Å². The average Bonchev–Trinajstić information content (AvgIpc) is 2.42. The van der Waals surface area contributed by atoms with Crippen molar-refractivity contribution in [3.63, 3.8) is 0 Å². The zero-order chi connectivity index (χ0) is 13.7. The molecule has 1 amide bonds. The lowest BCUT2D eigenvalue weighted by atomic mass is 9.54. The van der Waals surface area contributed by atoms with Gasteiger partial charge in [-0.3, -0.25) is 4.79 Å². The topological polar surface area (TPSA) is 29.1 Å². The van der Waals surface area contributed by atoms with Gasteiger partial charge < -0.3 is 5.32 Å². The average molecular weight is 275 g/mol. The number of amides is 1. The lowest BCUT2D eigenvalue weighted by Gasteiger charge is -2.55. The first kappa shape index (κ1) is 13.2. The quantitative estimate of drug-likeness (QED) is 0.813. The van der Waals surface area contributed by atoms with E-state index in [-0.39, 0.29) is 5.41 Å². The highest BCUT2D eigenvalue weighted by Gasteiger charge is 2.49. The van der Waals surface area contributed by atoms with Crippen molar-refractivity contribution in [2.75, 3.05) is 0 Å². The first-order chi connectivity index (χ1) is 9.64. The standard InChI is InChI=1S/C18H29NO/c1-18(5-3-2-4-6-18)17(20)19-16-14-8-12-7-13(10-14)11-15(16)9-12/h12-16H,2-11H2,1H3,(H,19,20). The van der Waals surface area contributed by atoms with Crippen molar-refractivity contribution < 1.29 is 4.79 Å². The number of rotatable bonds is 2. The van der Waals surface area contributed by atoms with Gasteiger partial charge in [-0.25, -0.2) is 0 Å². The van der Waals surface area contributed by atoms with E-state index in [9.17, 15) is 4.79 Å². The van der Waals surface area contributed by atoms with Gasteiger partial charge in [-0.1, -0.05) is 26.2 Å². The maximum Gasteiger partial charge on any atom is 0.226 e. The molecule has 0 radical (unpaired) electrons. The lowest BCUT2D eigenvalue weighted by Crippen LogP contribution is -2.58. The molecule has 0 aliphatic heterocycles. The minimum atomic E-state index is -0.0626. The molecule has 1 N–H and O–H groups in total. The van der Waals surface area contributed by atoms with Crippen LogP contribution < -0.4 is 5.32 Å². The second-order valence-electron chi connectivity index (χ2n) is 8.55. The molecule has 0 heterocycles. The van der Waals surface area contributed by atoms with Crippen LogP contribution in [-0.2, 0) is 4.79 Å². The Labute approximate surface area is 123 Å². The van der Waals surface area contributed by atoms with Gasteiger partial charge in [-0.05, 0) is 68.6 Å². The molecule has 0 aromatic carbocycles. The smallest absolute Gasteiger partial charge is 0.226 e. The summed E-state index contributed by atoms with van der Waals surface area (Å²) in [5.74, 6) is 3.99.